The summed E-state index contributed by atoms with van der Waals surface area (Å²) in [6.45, 7) is -0.108. The van der Waals surface area contributed by atoms with E-state index in [0.717, 1.165) is 32.1 Å². The zero-order chi connectivity index (χ0) is 16.3. The summed E-state index contributed by atoms with van der Waals surface area (Å²) in [5.74, 6) is -12.1. The Morgan fingerprint density at radius 2 is 1.36 bits per heavy atom. The van der Waals surface area contributed by atoms with E-state index in [1.54, 1.807) is 0 Å². The van der Waals surface area contributed by atoms with Crippen LogP contribution in [0.15, 0.2) is 0 Å². The first-order chi connectivity index (χ1) is 10.4. The summed E-state index contributed by atoms with van der Waals surface area (Å²) in [6, 6.07) is 0. The van der Waals surface area contributed by atoms with Gasteiger partial charge in [0.15, 0.2) is 23.3 Å². The third-order valence-electron chi connectivity index (χ3n) is 3.90. The molecule has 0 heterocycles. The molecule has 1 saturated carbocycles. The van der Waals surface area contributed by atoms with E-state index in [1.807, 2.05) is 0 Å². The van der Waals surface area contributed by atoms with Gasteiger partial charge in [-0.2, -0.15) is 0 Å². The monoisotopic (exact) mass is 322 g/mol. The minimum absolute atomic E-state index is 0.108. The predicted molar refractivity (Wildman–Crippen MR) is 67.7 cm³/mol. The smallest absolute Gasteiger partial charge is 0.344 e. The van der Waals surface area contributed by atoms with Gasteiger partial charge in [0.25, 0.3) is 0 Å². The lowest BCUT2D eigenvalue weighted by atomic mass is 9.87. The lowest BCUT2D eigenvalue weighted by Gasteiger charge is -2.21. The molecule has 0 bridgehead atoms. The van der Waals surface area contributed by atoms with Crippen molar-refractivity contribution in [1.29, 1.82) is 0 Å². The van der Waals surface area contributed by atoms with Crippen LogP contribution >= 0.6 is 0 Å². The predicted octanol–water partition coefficient (Wildman–Crippen LogP) is 4.51. The maximum atomic E-state index is 13.4. The van der Waals surface area contributed by atoms with E-state index in [4.69, 9.17) is 0 Å². The average Bonchev–Trinajstić information content (AvgIpc) is 2.52. The lowest BCUT2D eigenvalue weighted by Crippen LogP contribution is -2.17. The first-order valence-electron chi connectivity index (χ1n) is 7.12. The molecular formula is C15H15F5O2. The Hall–Kier alpha value is -1.66. The molecule has 0 aromatic heterocycles. The molecule has 122 valence electrons. The maximum Gasteiger partial charge on any atom is 0.344 e. The molecule has 1 aromatic carbocycles. The Bertz CT molecular complexity index is 539. The number of esters is 1. The van der Waals surface area contributed by atoms with Crippen molar-refractivity contribution in [1.82, 2.24) is 0 Å². The molecule has 1 fully saturated rings. The fourth-order valence-electron chi connectivity index (χ4n) is 2.65. The molecule has 0 unspecified atom stereocenters. The van der Waals surface area contributed by atoms with Gasteiger partial charge in [-0.15, -0.1) is 0 Å². The third kappa shape index (κ3) is 3.39. The van der Waals surface area contributed by atoms with Crippen LogP contribution in [0.25, 0.3) is 0 Å². The minimum Gasteiger partial charge on any atom is -0.462 e. The molecule has 0 aliphatic heterocycles. The van der Waals surface area contributed by atoms with Crippen molar-refractivity contribution < 1.29 is 31.5 Å². The van der Waals surface area contributed by atoms with Crippen LogP contribution < -0.4 is 0 Å². The van der Waals surface area contributed by atoms with Crippen LogP contribution in [0.1, 0.15) is 48.9 Å². The van der Waals surface area contributed by atoms with Gasteiger partial charge in [-0.05, 0) is 12.3 Å². The van der Waals surface area contributed by atoms with E-state index in [0.29, 0.717) is 12.3 Å². The Kier molecular flexibility index (Phi) is 5.37. The molecule has 1 aliphatic carbocycles. The summed E-state index contributed by atoms with van der Waals surface area (Å²) in [7, 11) is 0. The second kappa shape index (κ2) is 7.07. The van der Waals surface area contributed by atoms with Gasteiger partial charge in [0.1, 0.15) is 5.56 Å². The van der Waals surface area contributed by atoms with E-state index >= 15 is 0 Å². The van der Waals surface area contributed by atoms with Crippen LogP contribution in [0.4, 0.5) is 22.0 Å². The van der Waals surface area contributed by atoms with Gasteiger partial charge in [0.05, 0.1) is 6.61 Å². The maximum absolute atomic E-state index is 13.4. The normalized spacial score (nSPS) is 15.9. The van der Waals surface area contributed by atoms with E-state index in [-0.39, 0.29) is 6.61 Å². The summed E-state index contributed by atoms with van der Waals surface area (Å²) in [6.07, 6.45) is 5.80. The Morgan fingerprint density at radius 1 is 0.864 bits per heavy atom. The Morgan fingerprint density at radius 3 is 1.91 bits per heavy atom. The number of benzene rings is 1. The summed E-state index contributed by atoms with van der Waals surface area (Å²) in [5, 5.41) is 0. The zero-order valence-electron chi connectivity index (χ0n) is 11.7. The van der Waals surface area contributed by atoms with Crippen LogP contribution in [0.2, 0.25) is 0 Å². The Balaban J connectivity index is 2.03. The second-order valence-corrected chi connectivity index (χ2v) is 5.37. The van der Waals surface area contributed by atoms with Crippen molar-refractivity contribution in [2.45, 2.75) is 38.5 Å². The summed E-state index contributed by atoms with van der Waals surface area (Å²) in [5.41, 5.74) is -1.54. The molecule has 22 heavy (non-hydrogen) atoms. The van der Waals surface area contributed by atoms with Crippen molar-refractivity contribution in [3.63, 3.8) is 0 Å². The summed E-state index contributed by atoms with van der Waals surface area (Å²) in [4.78, 5) is 11.6. The quantitative estimate of drug-likeness (QED) is 0.353. The van der Waals surface area contributed by atoms with Crippen molar-refractivity contribution >= 4 is 5.97 Å². The molecule has 0 saturated heterocycles. The highest BCUT2D eigenvalue weighted by Crippen LogP contribution is 2.27. The number of halogens is 5. The number of hydrogen-bond donors (Lipinski definition) is 0. The molecule has 1 aromatic rings. The van der Waals surface area contributed by atoms with Crippen LogP contribution in [-0.4, -0.2) is 12.6 Å². The fourth-order valence-corrected chi connectivity index (χ4v) is 2.65. The standard InChI is InChI=1S/C15H15F5O2/c16-10-9(11(17)13(19)14(20)12(10)18)15(21)22-7-6-8-4-2-1-3-5-8/h8H,1-7H2. The number of carbonyl (C=O) groups excluding carboxylic acids is 1. The number of ether oxygens (including phenoxy) is 1. The van der Waals surface area contributed by atoms with Crippen molar-refractivity contribution in [2.75, 3.05) is 6.61 Å². The lowest BCUT2D eigenvalue weighted by molar-refractivity contribution is 0.0460. The molecule has 2 rings (SSSR count). The van der Waals surface area contributed by atoms with Crippen molar-refractivity contribution in [3.05, 3.63) is 34.6 Å². The van der Waals surface area contributed by atoms with Gasteiger partial charge in [0.2, 0.25) is 5.82 Å². The highest BCUT2D eigenvalue weighted by molar-refractivity contribution is 5.90. The van der Waals surface area contributed by atoms with E-state index in [9.17, 15) is 26.7 Å². The average molecular weight is 322 g/mol. The van der Waals surface area contributed by atoms with E-state index in [1.165, 1.54) is 0 Å². The SMILES string of the molecule is O=C(OCCC1CCCCC1)c1c(F)c(F)c(F)c(F)c1F. The first-order valence-corrected chi connectivity index (χ1v) is 7.12. The topological polar surface area (TPSA) is 26.3 Å². The molecule has 0 amide bonds. The van der Waals surface area contributed by atoms with Crippen LogP contribution in [0.3, 0.4) is 0 Å². The zero-order valence-corrected chi connectivity index (χ0v) is 11.7. The third-order valence-corrected chi connectivity index (χ3v) is 3.90. The van der Waals surface area contributed by atoms with E-state index in [2.05, 4.69) is 4.74 Å². The van der Waals surface area contributed by atoms with Crippen molar-refractivity contribution in [3.8, 4) is 0 Å². The Labute approximate surface area is 124 Å². The second-order valence-electron chi connectivity index (χ2n) is 5.37. The van der Waals surface area contributed by atoms with Gasteiger partial charge >= 0.3 is 5.97 Å². The number of hydrogen-bond acceptors (Lipinski definition) is 2. The van der Waals surface area contributed by atoms with Crippen molar-refractivity contribution in [2.24, 2.45) is 5.92 Å². The molecule has 2 nitrogen and oxygen atoms in total. The van der Waals surface area contributed by atoms with Gasteiger partial charge in [-0.1, -0.05) is 32.1 Å². The number of rotatable bonds is 4. The molecule has 0 N–H and O–H groups in total. The van der Waals surface area contributed by atoms with Crippen LogP contribution in [0.5, 0.6) is 0 Å². The molecular weight excluding hydrogens is 307 g/mol. The largest absolute Gasteiger partial charge is 0.462 e. The first kappa shape index (κ1) is 16.7. The molecule has 0 radical (unpaired) electrons. The number of carbonyl (C=O) groups is 1. The summed E-state index contributed by atoms with van der Waals surface area (Å²) >= 11 is 0. The molecule has 7 heteroatoms. The molecule has 0 atom stereocenters. The van der Waals surface area contributed by atoms with Crippen LogP contribution in [-0.2, 0) is 4.74 Å². The minimum atomic E-state index is -2.30. The van der Waals surface area contributed by atoms with Gasteiger partial charge in [0, 0.05) is 0 Å². The van der Waals surface area contributed by atoms with Gasteiger partial charge < -0.3 is 4.74 Å². The highest BCUT2D eigenvalue weighted by Gasteiger charge is 2.30. The van der Waals surface area contributed by atoms with Gasteiger partial charge in [-0.25, -0.2) is 26.7 Å². The summed E-state index contributed by atoms with van der Waals surface area (Å²) < 4.78 is 70.4. The fraction of sp³-hybridized carbons (Fsp3) is 0.533. The molecule has 1 aliphatic rings. The molecule has 0 spiro atoms. The van der Waals surface area contributed by atoms with E-state index < -0.39 is 40.6 Å². The van der Waals surface area contributed by atoms with Gasteiger partial charge in [-0.3, -0.25) is 0 Å². The highest BCUT2D eigenvalue weighted by atomic mass is 19.2. The van der Waals surface area contributed by atoms with Crippen LogP contribution in [0, 0.1) is 35.0 Å².